The van der Waals surface area contributed by atoms with Crippen molar-refractivity contribution >= 4 is 39.2 Å². The Morgan fingerprint density at radius 2 is 1.41 bits per heavy atom. The van der Waals surface area contributed by atoms with Crippen LogP contribution in [0.2, 0.25) is 0 Å². The van der Waals surface area contributed by atoms with Gasteiger partial charge in [-0.3, -0.25) is 9.10 Å². The second-order valence-electron chi connectivity index (χ2n) is 7.58. The van der Waals surface area contributed by atoms with E-state index in [2.05, 4.69) is 5.32 Å². The number of esters is 2. The van der Waals surface area contributed by atoms with Gasteiger partial charge < -0.3 is 19.5 Å². The Labute approximate surface area is 214 Å². The molecule has 0 aromatic heterocycles. The molecule has 0 saturated carbocycles. The lowest BCUT2D eigenvalue weighted by molar-refractivity contribution is -0.114. The number of anilines is 2. The minimum absolute atomic E-state index is 0.000904. The van der Waals surface area contributed by atoms with E-state index in [-0.39, 0.29) is 27.4 Å². The zero-order valence-corrected chi connectivity index (χ0v) is 21.3. The molecule has 10 nitrogen and oxygen atoms in total. The maximum atomic E-state index is 13.5. The normalized spacial score (nSPS) is 10.8. The molecule has 0 aliphatic carbocycles. The van der Waals surface area contributed by atoms with Gasteiger partial charge in [0.15, 0.2) is 0 Å². The standard InChI is InChI=1S/C26H26N2O8S/c1-4-36-22-12-10-21(11-13-22)28(37(32,33)23-8-6-5-7-9-23)17-24(29)27-20-15-18(25(30)34-2)14-19(16-20)26(31)35-3/h5-16H,4,17H2,1-3H3,(H,27,29). The molecule has 37 heavy (non-hydrogen) atoms. The van der Waals surface area contributed by atoms with Crippen LogP contribution in [0.5, 0.6) is 5.75 Å². The summed E-state index contributed by atoms with van der Waals surface area (Å²) < 4.78 is 42.8. The smallest absolute Gasteiger partial charge is 0.337 e. The topological polar surface area (TPSA) is 128 Å². The number of carbonyl (C=O) groups excluding carboxylic acids is 3. The average molecular weight is 527 g/mol. The van der Waals surface area contributed by atoms with E-state index in [1.54, 1.807) is 30.3 Å². The van der Waals surface area contributed by atoms with Crippen molar-refractivity contribution in [3.8, 4) is 5.75 Å². The highest BCUT2D eigenvalue weighted by Crippen LogP contribution is 2.26. The number of rotatable bonds is 10. The minimum Gasteiger partial charge on any atom is -0.494 e. The van der Waals surface area contributed by atoms with Crippen LogP contribution < -0.4 is 14.4 Å². The van der Waals surface area contributed by atoms with Crippen molar-refractivity contribution in [3.05, 3.63) is 83.9 Å². The number of benzene rings is 3. The maximum Gasteiger partial charge on any atom is 0.337 e. The number of nitrogens with one attached hydrogen (secondary N) is 1. The van der Waals surface area contributed by atoms with Crippen LogP contribution >= 0.6 is 0 Å². The first kappa shape index (κ1) is 27.2. The zero-order chi connectivity index (χ0) is 27.0. The maximum absolute atomic E-state index is 13.5. The molecule has 1 N–H and O–H groups in total. The molecule has 0 heterocycles. The van der Waals surface area contributed by atoms with Gasteiger partial charge in [-0.05, 0) is 61.5 Å². The molecule has 0 aliphatic heterocycles. The average Bonchev–Trinajstić information content (AvgIpc) is 2.91. The van der Waals surface area contributed by atoms with Gasteiger partial charge in [-0.25, -0.2) is 18.0 Å². The summed E-state index contributed by atoms with van der Waals surface area (Å²) in [7, 11) is -1.78. The third-order valence-electron chi connectivity index (χ3n) is 5.11. The number of hydrogen-bond donors (Lipinski definition) is 1. The molecule has 0 unspecified atom stereocenters. The largest absolute Gasteiger partial charge is 0.494 e. The lowest BCUT2D eigenvalue weighted by atomic mass is 10.1. The summed E-state index contributed by atoms with van der Waals surface area (Å²) in [4.78, 5) is 37.2. The van der Waals surface area contributed by atoms with Crippen molar-refractivity contribution in [2.24, 2.45) is 0 Å². The molecule has 0 fully saturated rings. The summed E-state index contributed by atoms with van der Waals surface area (Å²) in [6.07, 6.45) is 0. The fourth-order valence-electron chi connectivity index (χ4n) is 3.41. The first-order chi connectivity index (χ1) is 17.7. The second kappa shape index (κ2) is 12.0. The lowest BCUT2D eigenvalue weighted by Gasteiger charge is -2.24. The van der Waals surface area contributed by atoms with Crippen molar-refractivity contribution in [2.45, 2.75) is 11.8 Å². The van der Waals surface area contributed by atoms with E-state index in [9.17, 15) is 22.8 Å². The van der Waals surface area contributed by atoms with Gasteiger partial charge in [0.25, 0.3) is 10.0 Å². The number of nitrogens with zero attached hydrogens (tertiary/aromatic N) is 1. The van der Waals surface area contributed by atoms with Crippen molar-refractivity contribution in [3.63, 3.8) is 0 Å². The monoisotopic (exact) mass is 526 g/mol. The molecule has 3 rings (SSSR count). The predicted octanol–water partition coefficient (Wildman–Crippen LogP) is 3.49. The minimum atomic E-state index is -4.13. The number of hydrogen-bond acceptors (Lipinski definition) is 8. The lowest BCUT2D eigenvalue weighted by Crippen LogP contribution is -2.38. The fraction of sp³-hybridized carbons (Fsp3) is 0.192. The SMILES string of the molecule is CCOc1ccc(N(CC(=O)Nc2cc(C(=O)OC)cc(C(=O)OC)c2)S(=O)(=O)c2ccccc2)cc1. The third kappa shape index (κ3) is 6.64. The van der Waals surface area contributed by atoms with Gasteiger partial charge in [0, 0.05) is 5.69 Å². The van der Waals surface area contributed by atoms with Gasteiger partial charge in [0.05, 0.1) is 42.5 Å². The molecule has 0 aliphatic rings. The Morgan fingerprint density at radius 3 is 1.92 bits per heavy atom. The first-order valence-corrected chi connectivity index (χ1v) is 12.6. The Balaban J connectivity index is 1.96. The van der Waals surface area contributed by atoms with E-state index >= 15 is 0 Å². The molecule has 0 bridgehead atoms. The summed E-state index contributed by atoms with van der Waals surface area (Å²) in [5.74, 6) is -1.64. The molecule has 194 valence electrons. The summed E-state index contributed by atoms with van der Waals surface area (Å²) in [6, 6.07) is 17.9. The summed E-state index contributed by atoms with van der Waals surface area (Å²) >= 11 is 0. The van der Waals surface area contributed by atoms with Gasteiger partial charge >= 0.3 is 11.9 Å². The number of amides is 1. The Morgan fingerprint density at radius 1 is 0.838 bits per heavy atom. The third-order valence-corrected chi connectivity index (χ3v) is 6.90. The van der Waals surface area contributed by atoms with Gasteiger partial charge in [-0.2, -0.15) is 0 Å². The second-order valence-corrected chi connectivity index (χ2v) is 9.44. The van der Waals surface area contributed by atoms with Crippen molar-refractivity contribution in [1.29, 1.82) is 0 Å². The summed E-state index contributed by atoms with van der Waals surface area (Å²) in [5, 5.41) is 2.55. The number of sulfonamides is 1. The van der Waals surface area contributed by atoms with Crippen LogP contribution in [-0.4, -0.2) is 53.6 Å². The van der Waals surface area contributed by atoms with Crippen LogP contribution in [0, 0.1) is 0 Å². The molecule has 0 radical (unpaired) electrons. The molecule has 11 heteroatoms. The molecule has 0 spiro atoms. The molecule has 0 saturated heterocycles. The molecule has 3 aromatic rings. The summed E-state index contributed by atoms with van der Waals surface area (Å²) in [5.41, 5.74) is 0.319. The highest BCUT2D eigenvalue weighted by Gasteiger charge is 2.27. The molecule has 3 aromatic carbocycles. The van der Waals surface area contributed by atoms with Gasteiger partial charge in [0.2, 0.25) is 5.91 Å². The van der Waals surface area contributed by atoms with Crippen LogP contribution in [0.4, 0.5) is 11.4 Å². The Bertz CT molecular complexity index is 1340. The van der Waals surface area contributed by atoms with E-state index in [4.69, 9.17) is 14.2 Å². The van der Waals surface area contributed by atoms with Gasteiger partial charge in [-0.1, -0.05) is 18.2 Å². The van der Waals surface area contributed by atoms with E-state index in [1.807, 2.05) is 6.92 Å². The van der Waals surface area contributed by atoms with E-state index in [1.165, 1.54) is 56.7 Å². The summed E-state index contributed by atoms with van der Waals surface area (Å²) in [6.45, 7) is 1.67. The van der Waals surface area contributed by atoms with Crippen LogP contribution in [0.15, 0.2) is 77.7 Å². The van der Waals surface area contributed by atoms with Crippen molar-refractivity contribution in [1.82, 2.24) is 0 Å². The first-order valence-electron chi connectivity index (χ1n) is 11.1. The van der Waals surface area contributed by atoms with Crippen LogP contribution in [0.25, 0.3) is 0 Å². The molecular formula is C26H26N2O8S. The Hall–Kier alpha value is -4.38. The van der Waals surface area contributed by atoms with E-state index in [0.29, 0.717) is 12.4 Å². The number of carbonyl (C=O) groups is 3. The Kier molecular flexibility index (Phi) is 8.86. The van der Waals surface area contributed by atoms with Crippen LogP contribution in [-0.2, 0) is 24.3 Å². The predicted molar refractivity (Wildman–Crippen MR) is 136 cm³/mol. The highest BCUT2D eigenvalue weighted by atomic mass is 32.2. The van der Waals surface area contributed by atoms with Crippen LogP contribution in [0.1, 0.15) is 27.6 Å². The number of ether oxygens (including phenoxy) is 3. The fourth-order valence-corrected chi connectivity index (χ4v) is 4.85. The van der Waals surface area contributed by atoms with Crippen molar-refractivity contribution in [2.75, 3.05) is 37.0 Å². The van der Waals surface area contributed by atoms with Gasteiger partial charge in [0.1, 0.15) is 12.3 Å². The molecule has 0 atom stereocenters. The number of methoxy groups -OCH3 is 2. The highest BCUT2D eigenvalue weighted by molar-refractivity contribution is 7.92. The zero-order valence-electron chi connectivity index (χ0n) is 20.5. The molecular weight excluding hydrogens is 500 g/mol. The van der Waals surface area contributed by atoms with E-state index < -0.39 is 34.4 Å². The van der Waals surface area contributed by atoms with Crippen molar-refractivity contribution < 1.29 is 37.0 Å². The molecule has 1 amide bonds. The van der Waals surface area contributed by atoms with E-state index in [0.717, 1.165) is 4.31 Å². The van der Waals surface area contributed by atoms with Gasteiger partial charge in [-0.15, -0.1) is 0 Å². The van der Waals surface area contributed by atoms with Crippen LogP contribution in [0.3, 0.4) is 0 Å². The quantitative estimate of drug-likeness (QED) is 0.398.